The van der Waals surface area contributed by atoms with Crippen LogP contribution >= 0.6 is 7.82 Å². The zero-order chi connectivity index (χ0) is 65.5. The fraction of sp³-hybridized carbons (Fsp3) is 0.775. The number of unbranched alkanes of at least 4 members (excludes halogenated alkanes) is 40. The third-order valence-electron chi connectivity index (χ3n) is 16.6. The predicted octanol–water partition coefficient (Wildman–Crippen LogP) is 25.1. The molecular weight excluding hydrogens is 1130 g/mol. The van der Waals surface area contributed by atoms with Gasteiger partial charge in [-0.05, 0) is 96.3 Å². The molecule has 0 aliphatic rings. The highest BCUT2D eigenvalue weighted by molar-refractivity contribution is 7.47. The molecule has 0 rings (SSSR count). The number of hydrogen-bond acceptors (Lipinski definition) is 7. The summed E-state index contributed by atoms with van der Waals surface area (Å²) in [6.07, 6.45) is 98.2. The molecule has 2 unspecified atom stereocenters. The second-order valence-corrected chi connectivity index (χ2v) is 28.1. The molecular formula is C80H145NO8P+. The van der Waals surface area contributed by atoms with Gasteiger partial charge in [0.15, 0.2) is 6.10 Å². The predicted molar refractivity (Wildman–Crippen MR) is 390 cm³/mol. The monoisotopic (exact) mass is 1280 g/mol. The zero-order valence-electron chi connectivity index (χ0n) is 59.6. The van der Waals surface area contributed by atoms with Crippen molar-refractivity contribution in [2.75, 3.05) is 47.5 Å². The van der Waals surface area contributed by atoms with E-state index in [0.29, 0.717) is 17.4 Å². The number of ether oxygens (including phenoxy) is 2. The number of carbonyl (C=O) groups excluding carboxylic acids is 2. The first-order chi connectivity index (χ1) is 44.0. The molecule has 0 amide bonds. The molecule has 1 N–H and O–H groups in total. The van der Waals surface area contributed by atoms with E-state index in [1.807, 2.05) is 21.1 Å². The Bertz CT molecular complexity index is 1840. The van der Waals surface area contributed by atoms with Crippen LogP contribution in [0.2, 0.25) is 0 Å². The normalized spacial score (nSPS) is 13.6. The van der Waals surface area contributed by atoms with Gasteiger partial charge in [-0.2, -0.15) is 0 Å². The maximum absolute atomic E-state index is 12.9. The minimum absolute atomic E-state index is 0.0308. The Balaban J connectivity index is 3.97. The Morgan fingerprint density at radius 2 is 0.633 bits per heavy atom. The lowest BCUT2D eigenvalue weighted by atomic mass is 10.0. The average molecular weight is 1280 g/mol. The Hall–Kier alpha value is -3.07. The van der Waals surface area contributed by atoms with E-state index in [0.717, 1.165) is 77.0 Å². The number of phosphoric acid groups is 1. The minimum atomic E-state index is -4.40. The number of quaternary nitrogens is 1. The third-order valence-corrected chi connectivity index (χ3v) is 17.6. The molecule has 90 heavy (non-hydrogen) atoms. The van der Waals surface area contributed by atoms with Gasteiger partial charge in [-0.3, -0.25) is 18.6 Å². The van der Waals surface area contributed by atoms with Crippen LogP contribution in [0.5, 0.6) is 0 Å². The molecule has 0 aliphatic carbocycles. The quantitative estimate of drug-likeness (QED) is 0.0211. The highest BCUT2D eigenvalue weighted by atomic mass is 31.2. The molecule has 0 saturated heterocycles. The van der Waals surface area contributed by atoms with Crippen LogP contribution in [-0.4, -0.2) is 74.9 Å². The van der Waals surface area contributed by atoms with Crippen LogP contribution in [0.25, 0.3) is 0 Å². The number of allylic oxidation sites excluding steroid dienone is 16. The first kappa shape index (κ1) is 86.9. The first-order valence-corrected chi connectivity index (χ1v) is 39.5. The summed E-state index contributed by atoms with van der Waals surface area (Å²) in [7, 11) is 1.49. The standard InChI is InChI=1S/C80H144NO8P/c1-6-8-10-12-14-16-18-20-22-24-26-28-30-32-34-36-37-38-39-40-41-42-43-45-47-49-51-53-55-57-59-61-63-65-67-69-71-73-80(83)89-78(77-88-90(84,85)87-75-74-81(3,4)5)76-86-79(82)72-70-68-66-64-62-60-58-56-54-52-50-48-46-44-35-33-31-29-27-25-23-21-19-17-15-13-11-9-7-2/h8,10,14,16,19-22,25-28,31-34,78H,6-7,9,11-13,15,17-18,23-24,29-30,35-77H2,1-5H3/p+1/b10-8-,16-14-,21-19-,22-20-,27-25-,28-26-,33-31-,34-32-. The van der Waals surface area contributed by atoms with E-state index in [4.69, 9.17) is 18.5 Å². The molecule has 9 nitrogen and oxygen atoms in total. The fourth-order valence-corrected chi connectivity index (χ4v) is 11.6. The first-order valence-electron chi connectivity index (χ1n) is 38.0. The van der Waals surface area contributed by atoms with Crippen LogP contribution < -0.4 is 0 Å². The van der Waals surface area contributed by atoms with Crippen LogP contribution in [0.3, 0.4) is 0 Å². The Morgan fingerprint density at radius 1 is 0.356 bits per heavy atom. The molecule has 0 fully saturated rings. The molecule has 0 saturated carbocycles. The second kappa shape index (κ2) is 70.3. The lowest BCUT2D eigenvalue weighted by molar-refractivity contribution is -0.870. The largest absolute Gasteiger partial charge is 0.472 e. The van der Waals surface area contributed by atoms with E-state index < -0.39 is 26.5 Å². The van der Waals surface area contributed by atoms with Crippen molar-refractivity contribution >= 4 is 19.8 Å². The molecule has 522 valence electrons. The van der Waals surface area contributed by atoms with E-state index in [1.165, 1.54) is 238 Å². The molecule has 0 radical (unpaired) electrons. The summed E-state index contributed by atoms with van der Waals surface area (Å²) in [6, 6.07) is 0. The SMILES string of the molecule is CC/C=C\C/C=C\C/C=C\C/C=C\C/C=C\CCCCCCCCCCCCCCCCCCCCCCCC(=O)OC(COC(=O)CCCCCCCCCCCCCCCC/C=C\C/C=C\C/C=C\CCCCCCC)COP(=O)(O)OCC[N+](C)(C)C. The Kier molecular flexibility index (Phi) is 67.9. The van der Waals surface area contributed by atoms with Crippen molar-refractivity contribution in [3.05, 3.63) is 97.2 Å². The summed E-state index contributed by atoms with van der Waals surface area (Å²) in [4.78, 5) is 35.9. The van der Waals surface area contributed by atoms with E-state index in [1.54, 1.807) is 0 Å². The van der Waals surface area contributed by atoms with Gasteiger partial charge in [-0.1, -0.05) is 336 Å². The van der Waals surface area contributed by atoms with Crippen LogP contribution in [-0.2, 0) is 32.7 Å². The number of esters is 2. The lowest BCUT2D eigenvalue weighted by Gasteiger charge is -2.24. The molecule has 2 atom stereocenters. The van der Waals surface area contributed by atoms with Gasteiger partial charge in [-0.15, -0.1) is 0 Å². The van der Waals surface area contributed by atoms with E-state index in [9.17, 15) is 19.0 Å². The van der Waals surface area contributed by atoms with Crippen LogP contribution in [0.1, 0.15) is 348 Å². The Morgan fingerprint density at radius 3 is 0.944 bits per heavy atom. The molecule has 0 spiro atoms. The van der Waals surface area contributed by atoms with Gasteiger partial charge >= 0.3 is 19.8 Å². The zero-order valence-corrected chi connectivity index (χ0v) is 60.5. The lowest BCUT2D eigenvalue weighted by Crippen LogP contribution is -2.37. The van der Waals surface area contributed by atoms with E-state index >= 15 is 0 Å². The van der Waals surface area contributed by atoms with Gasteiger partial charge in [0.25, 0.3) is 0 Å². The minimum Gasteiger partial charge on any atom is -0.462 e. The molecule has 10 heteroatoms. The second-order valence-electron chi connectivity index (χ2n) is 26.7. The van der Waals surface area contributed by atoms with Gasteiger partial charge in [0.1, 0.15) is 19.8 Å². The van der Waals surface area contributed by atoms with Crippen molar-refractivity contribution in [3.63, 3.8) is 0 Å². The molecule has 0 bridgehead atoms. The molecule has 0 aromatic heterocycles. The van der Waals surface area contributed by atoms with Crippen molar-refractivity contribution in [1.82, 2.24) is 0 Å². The Labute approximate surface area is 557 Å². The molecule has 0 aliphatic heterocycles. The molecule has 0 heterocycles. The highest BCUT2D eigenvalue weighted by Crippen LogP contribution is 2.43. The van der Waals surface area contributed by atoms with Crippen LogP contribution in [0.4, 0.5) is 0 Å². The van der Waals surface area contributed by atoms with Crippen LogP contribution in [0.15, 0.2) is 97.2 Å². The number of hydrogen-bond donors (Lipinski definition) is 1. The van der Waals surface area contributed by atoms with Crippen molar-refractivity contribution in [1.29, 1.82) is 0 Å². The van der Waals surface area contributed by atoms with Crippen molar-refractivity contribution < 1.29 is 42.1 Å². The van der Waals surface area contributed by atoms with Gasteiger partial charge in [0.2, 0.25) is 0 Å². The summed E-state index contributed by atoms with van der Waals surface area (Å²) in [5.41, 5.74) is 0. The maximum Gasteiger partial charge on any atom is 0.472 e. The number of carbonyl (C=O) groups is 2. The summed E-state index contributed by atoms with van der Waals surface area (Å²) in [5, 5.41) is 0. The fourth-order valence-electron chi connectivity index (χ4n) is 10.8. The topological polar surface area (TPSA) is 108 Å². The number of rotatable bonds is 70. The smallest absolute Gasteiger partial charge is 0.462 e. The number of likely N-dealkylation sites (N-methyl/N-ethyl adjacent to an activating group) is 1. The van der Waals surface area contributed by atoms with Gasteiger partial charge in [-0.25, -0.2) is 4.57 Å². The van der Waals surface area contributed by atoms with Gasteiger partial charge in [0.05, 0.1) is 27.7 Å². The average Bonchev–Trinajstić information content (AvgIpc) is 3.58. The molecule has 0 aromatic rings. The van der Waals surface area contributed by atoms with Gasteiger partial charge in [0, 0.05) is 12.8 Å². The van der Waals surface area contributed by atoms with Crippen LogP contribution in [0, 0.1) is 0 Å². The van der Waals surface area contributed by atoms with E-state index in [-0.39, 0.29) is 32.0 Å². The summed E-state index contributed by atoms with van der Waals surface area (Å²) in [6.45, 7) is 4.35. The van der Waals surface area contributed by atoms with E-state index in [2.05, 4.69) is 111 Å². The summed E-state index contributed by atoms with van der Waals surface area (Å²) in [5.74, 6) is -0.784. The van der Waals surface area contributed by atoms with Crippen molar-refractivity contribution in [2.45, 2.75) is 354 Å². The van der Waals surface area contributed by atoms with Crippen molar-refractivity contribution in [2.24, 2.45) is 0 Å². The maximum atomic E-state index is 12.9. The summed E-state index contributed by atoms with van der Waals surface area (Å²) >= 11 is 0. The number of nitrogens with zero attached hydrogens (tertiary/aromatic N) is 1. The third kappa shape index (κ3) is 74.0. The summed E-state index contributed by atoms with van der Waals surface area (Å²) < 4.78 is 34.8. The highest BCUT2D eigenvalue weighted by Gasteiger charge is 2.27. The van der Waals surface area contributed by atoms with Crippen molar-refractivity contribution in [3.8, 4) is 0 Å². The number of phosphoric ester groups is 1. The van der Waals surface area contributed by atoms with Gasteiger partial charge < -0.3 is 18.9 Å². The molecule has 0 aromatic carbocycles.